The Hall–Kier alpha value is -10.1. The van der Waals surface area contributed by atoms with Gasteiger partial charge in [0, 0.05) is 54.0 Å². The minimum Gasteiger partial charge on any atom is -0.453 e. The lowest BCUT2D eigenvalue weighted by molar-refractivity contribution is 0.655. The predicted molar refractivity (Wildman–Crippen MR) is 334 cm³/mol. The van der Waals surface area contributed by atoms with E-state index in [2.05, 4.69) is 270 Å². The first kappa shape index (κ1) is 42.0. The van der Waals surface area contributed by atoms with E-state index in [-0.39, 0.29) is 0 Å². The van der Waals surface area contributed by atoms with E-state index in [1.807, 2.05) is 0 Å². The molecule has 2 atom stereocenters. The van der Waals surface area contributed by atoms with Crippen molar-refractivity contribution in [3.05, 3.63) is 243 Å². The number of hydrogen-bond donors (Lipinski definition) is 0. The van der Waals surface area contributed by atoms with Crippen LogP contribution in [0.1, 0.15) is 0 Å². The van der Waals surface area contributed by atoms with E-state index in [0.29, 0.717) is 0 Å². The Morgan fingerprint density at radius 3 is 0.963 bits per heavy atom. The highest BCUT2D eigenvalue weighted by molar-refractivity contribution is 7.64. The second-order valence-corrected chi connectivity index (χ2v) is 25.3. The summed E-state index contributed by atoms with van der Waals surface area (Å²) in [5.74, 6) is 0. The van der Waals surface area contributed by atoms with Gasteiger partial charge in [-0.2, -0.15) is 0 Å². The average molecular weight is 1060 g/mol. The van der Waals surface area contributed by atoms with Gasteiger partial charge in [0.15, 0.2) is 22.3 Å². The second-order valence-electron chi connectivity index (χ2n) is 21.3. The zero-order valence-electron chi connectivity index (χ0n) is 42.5. The number of para-hydroxylation sites is 8. The maximum absolute atomic E-state index is 6.99. The van der Waals surface area contributed by atoms with E-state index < -0.39 is 14.7 Å². The fourth-order valence-electron chi connectivity index (χ4n) is 14.4. The molecule has 20 aromatic rings. The summed E-state index contributed by atoms with van der Waals surface area (Å²) in [5, 5.41) is 10.4. The smallest absolute Gasteiger partial charge is 0.152 e. The lowest BCUT2D eigenvalue weighted by Crippen LogP contribution is -2.10. The minimum atomic E-state index is -1.20. The van der Waals surface area contributed by atoms with Crippen molar-refractivity contribution in [3.8, 4) is 22.7 Å². The summed E-state index contributed by atoms with van der Waals surface area (Å²) in [7, 11) is -2.40. The molecule has 2 unspecified atom stereocenters. The molecule has 372 valence electrons. The van der Waals surface area contributed by atoms with Gasteiger partial charge in [-0.15, -0.1) is 0 Å². The van der Waals surface area contributed by atoms with E-state index in [0.717, 1.165) is 67.1 Å². The molecule has 0 bridgehead atoms. The summed E-state index contributed by atoms with van der Waals surface area (Å²) >= 11 is 0. The lowest BCUT2D eigenvalue weighted by Gasteiger charge is -2.30. The molecule has 8 nitrogen and oxygen atoms in total. The molecule has 20 rings (SSSR count). The molecule has 8 aromatic heterocycles. The third kappa shape index (κ3) is 5.03. The number of fused-ring (bicyclic) bond motifs is 9. The molecule has 0 radical (unpaired) electrons. The van der Waals surface area contributed by atoms with Gasteiger partial charge in [0.05, 0.1) is 76.4 Å². The number of rotatable bonds is 4. The summed E-state index contributed by atoms with van der Waals surface area (Å²) in [6.07, 6.45) is 0. The lowest BCUT2D eigenvalue weighted by atomic mass is 10.0. The molecule has 0 saturated heterocycles. The summed E-state index contributed by atoms with van der Waals surface area (Å²) in [6.45, 7) is 0. The van der Waals surface area contributed by atoms with Crippen LogP contribution < -0.4 is 0 Å². The molecule has 0 saturated carbocycles. The predicted octanol–water partition coefficient (Wildman–Crippen LogP) is 20.1. The molecule has 0 fully saturated rings. The van der Waals surface area contributed by atoms with Gasteiger partial charge >= 0.3 is 0 Å². The van der Waals surface area contributed by atoms with Crippen molar-refractivity contribution in [1.82, 2.24) is 27.1 Å². The zero-order valence-corrected chi connectivity index (χ0v) is 44.3. The fourth-order valence-corrected chi connectivity index (χ4v) is 20.7. The van der Waals surface area contributed by atoms with E-state index >= 15 is 0 Å². The van der Waals surface area contributed by atoms with Crippen molar-refractivity contribution < 1.29 is 8.83 Å². The van der Waals surface area contributed by atoms with Gasteiger partial charge in [-0.3, -0.25) is 0 Å². The SMILES string of the molecule is c1ccc(-n2c3cc4c(cc5c6c4n(-c4ccccc4)c4cccc7c4p6c4c(ccc6oc8ccccc8n7c64)n5-c4ccccc4)c4c3p3c5c(cccc5n5c6ccccc6oc6ccc2c3c65)n4-c2ccccc2)cc1. The highest BCUT2D eigenvalue weighted by Crippen LogP contribution is 2.61. The Balaban J connectivity index is 1.16. The quantitative estimate of drug-likeness (QED) is 0.130. The van der Waals surface area contributed by atoms with Crippen molar-refractivity contribution in [2.75, 3.05) is 0 Å². The largest absolute Gasteiger partial charge is 0.453 e. The van der Waals surface area contributed by atoms with Crippen molar-refractivity contribution in [2.24, 2.45) is 0 Å². The van der Waals surface area contributed by atoms with Crippen molar-refractivity contribution in [3.63, 3.8) is 0 Å². The average Bonchev–Trinajstić information content (AvgIpc) is 3.52. The van der Waals surface area contributed by atoms with Crippen molar-refractivity contribution in [2.45, 2.75) is 0 Å². The third-order valence-corrected chi connectivity index (χ3v) is 22.7. The summed E-state index contributed by atoms with van der Waals surface area (Å²) in [6, 6.07) is 89.6. The van der Waals surface area contributed by atoms with Crippen LogP contribution in [0.15, 0.2) is 251 Å². The molecule has 80 heavy (non-hydrogen) atoms. The van der Waals surface area contributed by atoms with Crippen LogP contribution in [0.5, 0.6) is 0 Å². The topological polar surface area (TPSA) is 54.8 Å². The fraction of sp³-hybridized carbons (Fsp3) is 0. The van der Waals surface area contributed by atoms with Gasteiger partial charge in [0.2, 0.25) is 0 Å². The van der Waals surface area contributed by atoms with Gasteiger partial charge < -0.3 is 35.9 Å². The van der Waals surface area contributed by atoms with Crippen LogP contribution in [0.4, 0.5) is 0 Å². The molecular weight excluding hydrogens is 1020 g/mol. The summed E-state index contributed by atoms with van der Waals surface area (Å²) < 4.78 is 29.4. The number of aromatic nitrogens is 6. The summed E-state index contributed by atoms with van der Waals surface area (Å²) in [5.41, 5.74) is 24.2. The first-order chi connectivity index (χ1) is 39.8. The highest BCUT2D eigenvalue weighted by Gasteiger charge is 2.32. The Morgan fingerprint density at radius 1 is 0.225 bits per heavy atom. The summed E-state index contributed by atoms with van der Waals surface area (Å²) in [4.78, 5) is 0. The van der Waals surface area contributed by atoms with Gasteiger partial charge in [-0.25, -0.2) is 0 Å². The Labute approximate surface area is 454 Å². The number of benzene rings is 12. The van der Waals surface area contributed by atoms with Crippen molar-refractivity contribution >= 4 is 156 Å². The normalized spacial score (nSPS) is 13.2. The Morgan fingerprint density at radius 2 is 0.550 bits per heavy atom. The maximum Gasteiger partial charge on any atom is 0.152 e. The molecule has 8 heterocycles. The van der Waals surface area contributed by atoms with Gasteiger partial charge in [-0.1, -0.05) is 124 Å². The van der Waals surface area contributed by atoms with E-state index in [4.69, 9.17) is 8.83 Å². The van der Waals surface area contributed by atoms with E-state index in [9.17, 15) is 0 Å². The van der Waals surface area contributed by atoms with Crippen LogP contribution in [0, 0.1) is 0 Å². The van der Waals surface area contributed by atoms with Crippen LogP contribution in [-0.4, -0.2) is 27.1 Å². The van der Waals surface area contributed by atoms with Gasteiger partial charge in [0.1, 0.15) is 11.0 Å². The first-order valence-corrected chi connectivity index (χ1v) is 29.9. The molecule has 0 N–H and O–H groups in total. The molecule has 0 spiro atoms. The molecule has 12 aromatic carbocycles. The molecule has 10 heteroatoms. The first-order valence-electron chi connectivity index (χ1n) is 27.2. The second kappa shape index (κ2) is 14.9. The van der Waals surface area contributed by atoms with Crippen LogP contribution in [0.2, 0.25) is 0 Å². The Kier molecular flexibility index (Phi) is 7.83. The van der Waals surface area contributed by atoms with E-state index in [1.54, 1.807) is 0 Å². The molecule has 0 aliphatic carbocycles. The van der Waals surface area contributed by atoms with Gasteiger partial charge in [0.25, 0.3) is 0 Å². The molecule has 0 aliphatic rings. The van der Waals surface area contributed by atoms with Crippen LogP contribution in [0.25, 0.3) is 164 Å². The molecule has 0 aliphatic heterocycles. The number of hydrogen-bond acceptors (Lipinski definition) is 2. The number of nitrogens with zero attached hydrogens (tertiary/aromatic N) is 6. The highest BCUT2D eigenvalue weighted by atomic mass is 31.1. The standard InChI is InChI=1S/C70H40N6O2P2/c1-5-19-41(20-6-1)71-53-35-37-59-63-67(53)79-65-49(29-17-31-51(65)75(63)47-27-13-15-33-57(47)77-59)73(43-23-9-3-10-24-43)61-46-40-56-70-62(45(46)39-55(71)69(61)79)74(44-25-11-4-12-26-44)50-30-18-32-52-66(50)80(70)68-54(72(56)42-21-7-2-8-22-42)36-38-60-64(68)76(52)48-28-14-16-34-58(48)78-60/h1-40H. The third-order valence-electron chi connectivity index (χ3n) is 17.3. The van der Waals surface area contributed by atoms with Crippen LogP contribution in [-0.2, 0) is 0 Å². The minimum absolute atomic E-state index is 0.854. The Bertz CT molecular complexity index is 5700. The van der Waals surface area contributed by atoms with Gasteiger partial charge in [-0.05, 0) is 133 Å². The van der Waals surface area contributed by atoms with Crippen LogP contribution in [0.3, 0.4) is 0 Å². The maximum atomic E-state index is 6.99. The van der Waals surface area contributed by atoms with E-state index in [1.165, 1.54) is 96.6 Å². The monoisotopic (exact) mass is 1060 g/mol. The molecule has 0 amide bonds. The zero-order chi connectivity index (χ0) is 51.6. The molecular formula is C70H40N6O2P2. The van der Waals surface area contributed by atoms with Crippen LogP contribution >= 0.6 is 14.7 Å². The van der Waals surface area contributed by atoms with Crippen molar-refractivity contribution in [1.29, 1.82) is 0 Å².